The van der Waals surface area contributed by atoms with Gasteiger partial charge in [0.25, 0.3) is 0 Å². The third-order valence-electron chi connectivity index (χ3n) is 3.04. The van der Waals surface area contributed by atoms with Crippen LogP contribution in [0.4, 0.5) is 4.79 Å². The Morgan fingerprint density at radius 3 is 2.84 bits per heavy atom. The number of amides is 2. The van der Waals surface area contributed by atoms with Crippen LogP contribution in [0.1, 0.15) is 11.1 Å². The number of primary amides is 1. The molecule has 4 N–H and O–H groups in total. The average molecular weight is 263 g/mol. The third kappa shape index (κ3) is 3.69. The maximum Gasteiger partial charge on any atom is 0.404 e. The van der Waals surface area contributed by atoms with Crippen molar-refractivity contribution >= 4 is 12.0 Å². The van der Waals surface area contributed by atoms with Gasteiger partial charge in [-0.1, -0.05) is 24.3 Å². The summed E-state index contributed by atoms with van der Waals surface area (Å²) < 4.78 is 4.54. The van der Waals surface area contributed by atoms with E-state index in [2.05, 4.69) is 21.4 Å². The highest BCUT2D eigenvalue weighted by atomic mass is 16.5. The molecule has 1 aromatic rings. The van der Waals surface area contributed by atoms with Crippen molar-refractivity contribution in [3.05, 3.63) is 35.4 Å². The van der Waals surface area contributed by atoms with Gasteiger partial charge in [0, 0.05) is 6.54 Å². The SMILES string of the molecule is NC(=O)OCCNC(=O)C1Cc2ccccc2CN1. The fraction of sp³-hybridized carbons (Fsp3) is 0.385. The topological polar surface area (TPSA) is 93.5 Å². The van der Waals surface area contributed by atoms with Crippen LogP contribution in [-0.4, -0.2) is 31.2 Å². The summed E-state index contributed by atoms with van der Waals surface area (Å²) in [5.74, 6) is -0.0948. The van der Waals surface area contributed by atoms with Crippen LogP contribution in [0.5, 0.6) is 0 Å². The molecule has 2 amide bonds. The molecule has 6 heteroatoms. The molecule has 0 saturated carbocycles. The van der Waals surface area contributed by atoms with Crippen molar-refractivity contribution in [1.29, 1.82) is 0 Å². The Kier molecular flexibility index (Phi) is 4.35. The summed E-state index contributed by atoms with van der Waals surface area (Å²) in [5, 5.41) is 5.88. The van der Waals surface area contributed by atoms with Gasteiger partial charge in [-0.15, -0.1) is 0 Å². The van der Waals surface area contributed by atoms with E-state index in [9.17, 15) is 9.59 Å². The van der Waals surface area contributed by atoms with E-state index in [1.165, 1.54) is 11.1 Å². The number of carbonyl (C=O) groups is 2. The summed E-state index contributed by atoms with van der Waals surface area (Å²) in [4.78, 5) is 22.3. The molecule has 1 aromatic carbocycles. The van der Waals surface area contributed by atoms with Crippen molar-refractivity contribution in [1.82, 2.24) is 10.6 Å². The van der Waals surface area contributed by atoms with E-state index in [0.29, 0.717) is 13.0 Å². The Labute approximate surface area is 111 Å². The van der Waals surface area contributed by atoms with E-state index in [0.717, 1.165) is 0 Å². The van der Waals surface area contributed by atoms with Gasteiger partial charge in [0.05, 0.1) is 12.6 Å². The van der Waals surface area contributed by atoms with Gasteiger partial charge >= 0.3 is 6.09 Å². The molecule has 1 atom stereocenters. The number of benzene rings is 1. The first-order chi connectivity index (χ1) is 9.16. The molecule has 1 aliphatic heterocycles. The molecule has 0 spiro atoms. The van der Waals surface area contributed by atoms with Crippen molar-refractivity contribution in [2.45, 2.75) is 19.0 Å². The van der Waals surface area contributed by atoms with E-state index < -0.39 is 6.09 Å². The van der Waals surface area contributed by atoms with Gasteiger partial charge in [0.1, 0.15) is 6.61 Å². The summed E-state index contributed by atoms with van der Waals surface area (Å²) >= 11 is 0. The Morgan fingerprint density at radius 2 is 2.11 bits per heavy atom. The molecule has 102 valence electrons. The maximum absolute atomic E-state index is 11.9. The van der Waals surface area contributed by atoms with Gasteiger partial charge in [-0.3, -0.25) is 4.79 Å². The number of hydrogen-bond acceptors (Lipinski definition) is 4. The standard InChI is InChI=1S/C13H17N3O3/c14-13(18)19-6-5-15-12(17)11-7-9-3-1-2-4-10(9)8-16-11/h1-4,11,16H,5-8H2,(H2,14,18)(H,15,17). The summed E-state index contributed by atoms with van der Waals surface area (Å²) in [6.45, 7) is 1.04. The second-order valence-electron chi connectivity index (χ2n) is 4.36. The fourth-order valence-electron chi connectivity index (χ4n) is 2.09. The van der Waals surface area contributed by atoms with Crippen molar-refractivity contribution in [2.75, 3.05) is 13.2 Å². The van der Waals surface area contributed by atoms with E-state index in [1.807, 2.05) is 18.2 Å². The van der Waals surface area contributed by atoms with Gasteiger partial charge in [-0.25, -0.2) is 4.79 Å². The van der Waals surface area contributed by atoms with Crippen LogP contribution in [0, 0.1) is 0 Å². The van der Waals surface area contributed by atoms with Crippen LogP contribution in [0.15, 0.2) is 24.3 Å². The molecule has 0 saturated heterocycles. The van der Waals surface area contributed by atoms with Gasteiger partial charge in [0.2, 0.25) is 5.91 Å². The summed E-state index contributed by atoms with van der Waals surface area (Å²) in [5.41, 5.74) is 7.23. The summed E-state index contributed by atoms with van der Waals surface area (Å²) in [7, 11) is 0. The van der Waals surface area contributed by atoms with Crippen LogP contribution in [0.2, 0.25) is 0 Å². The fourth-order valence-corrected chi connectivity index (χ4v) is 2.09. The molecule has 0 radical (unpaired) electrons. The lowest BCUT2D eigenvalue weighted by Gasteiger charge is -2.25. The maximum atomic E-state index is 11.9. The van der Waals surface area contributed by atoms with Crippen molar-refractivity contribution in [2.24, 2.45) is 5.73 Å². The number of ether oxygens (including phenoxy) is 1. The third-order valence-corrected chi connectivity index (χ3v) is 3.04. The zero-order valence-corrected chi connectivity index (χ0v) is 10.5. The Bertz CT molecular complexity index is 476. The second-order valence-corrected chi connectivity index (χ2v) is 4.36. The molecular weight excluding hydrogens is 246 g/mol. The zero-order chi connectivity index (χ0) is 13.7. The number of nitrogens with two attached hydrogens (primary N) is 1. The normalized spacial score (nSPS) is 17.4. The lowest BCUT2D eigenvalue weighted by Crippen LogP contribution is -2.48. The first-order valence-corrected chi connectivity index (χ1v) is 6.17. The highest BCUT2D eigenvalue weighted by molar-refractivity contribution is 5.82. The number of hydrogen-bond donors (Lipinski definition) is 3. The minimum Gasteiger partial charge on any atom is -0.448 e. The molecular formula is C13H17N3O3. The van der Waals surface area contributed by atoms with Gasteiger partial charge in [0.15, 0.2) is 0 Å². The van der Waals surface area contributed by atoms with E-state index in [1.54, 1.807) is 0 Å². The largest absolute Gasteiger partial charge is 0.448 e. The molecule has 1 heterocycles. The molecule has 1 aliphatic rings. The van der Waals surface area contributed by atoms with Crippen molar-refractivity contribution in [3.63, 3.8) is 0 Å². The smallest absolute Gasteiger partial charge is 0.404 e. The van der Waals surface area contributed by atoms with Gasteiger partial charge in [-0.05, 0) is 17.5 Å². The highest BCUT2D eigenvalue weighted by Gasteiger charge is 2.23. The highest BCUT2D eigenvalue weighted by Crippen LogP contribution is 2.16. The van der Waals surface area contributed by atoms with E-state index >= 15 is 0 Å². The van der Waals surface area contributed by atoms with E-state index in [4.69, 9.17) is 5.73 Å². The molecule has 0 fully saturated rings. The van der Waals surface area contributed by atoms with Gasteiger partial charge in [-0.2, -0.15) is 0 Å². The molecule has 2 rings (SSSR count). The molecule has 19 heavy (non-hydrogen) atoms. The van der Waals surface area contributed by atoms with Crippen molar-refractivity contribution in [3.8, 4) is 0 Å². The number of fused-ring (bicyclic) bond motifs is 1. The molecule has 0 aliphatic carbocycles. The van der Waals surface area contributed by atoms with E-state index in [-0.39, 0.29) is 25.1 Å². The van der Waals surface area contributed by atoms with Crippen LogP contribution in [-0.2, 0) is 22.5 Å². The first kappa shape index (κ1) is 13.4. The Morgan fingerprint density at radius 1 is 1.37 bits per heavy atom. The lowest BCUT2D eigenvalue weighted by molar-refractivity contribution is -0.123. The predicted octanol–water partition coefficient (Wildman–Crippen LogP) is -0.0876. The minimum absolute atomic E-state index is 0.0877. The molecule has 0 bridgehead atoms. The Balaban J connectivity index is 1.80. The summed E-state index contributed by atoms with van der Waals surface area (Å²) in [6, 6.07) is 7.80. The van der Waals surface area contributed by atoms with Crippen LogP contribution in [0.25, 0.3) is 0 Å². The van der Waals surface area contributed by atoms with Crippen molar-refractivity contribution < 1.29 is 14.3 Å². The second kappa shape index (κ2) is 6.19. The average Bonchev–Trinajstić information content (AvgIpc) is 2.42. The zero-order valence-electron chi connectivity index (χ0n) is 10.5. The van der Waals surface area contributed by atoms with Crippen LogP contribution in [0.3, 0.4) is 0 Å². The lowest BCUT2D eigenvalue weighted by atomic mass is 9.95. The minimum atomic E-state index is -0.834. The predicted molar refractivity (Wildman–Crippen MR) is 69.3 cm³/mol. The number of rotatable bonds is 4. The Hall–Kier alpha value is -2.08. The van der Waals surface area contributed by atoms with Crippen LogP contribution >= 0.6 is 0 Å². The molecule has 0 aromatic heterocycles. The summed E-state index contributed by atoms with van der Waals surface area (Å²) in [6.07, 6.45) is -0.169. The van der Waals surface area contributed by atoms with Crippen LogP contribution < -0.4 is 16.4 Å². The first-order valence-electron chi connectivity index (χ1n) is 6.17. The molecule has 6 nitrogen and oxygen atoms in total. The van der Waals surface area contributed by atoms with Gasteiger partial charge < -0.3 is 21.1 Å². The quantitative estimate of drug-likeness (QED) is 0.662. The molecule has 1 unspecified atom stereocenters. The number of nitrogens with one attached hydrogen (secondary N) is 2. The monoisotopic (exact) mass is 263 g/mol. The number of carbonyl (C=O) groups excluding carboxylic acids is 2.